The van der Waals surface area contributed by atoms with Gasteiger partial charge in [-0.2, -0.15) is 0 Å². The van der Waals surface area contributed by atoms with Crippen LogP contribution in [-0.2, 0) is 9.53 Å². The largest absolute Gasteiger partial charge is 0.466 e. The Morgan fingerprint density at radius 2 is 1.78 bits per heavy atom. The van der Waals surface area contributed by atoms with Gasteiger partial charge in [0.25, 0.3) is 5.91 Å². The van der Waals surface area contributed by atoms with E-state index in [9.17, 15) is 9.59 Å². The summed E-state index contributed by atoms with van der Waals surface area (Å²) >= 11 is 0. The number of aryl methyl sites for hydroxylation is 1. The Kier molecular flexibility index (Phi) is 8.22. The third-order valence-corrected chi connectivity index (χ3v) is 7.09. The van der Waals surface area contributed by atoms with Crippen molar-refractivity contribution >= 4 is 34.6 Å². The lowest BCUT2D eigenvalue weighted by Crippen LogP contribution is -2.46. The van der Waals surface area contributed by atoms with Crippen LogP contribution in [0.25, 0.3) is 10.9 Å². The van der Waals surface area contributed by atoms with E-state index in [2.05, 4.69) is 25.6 Å². The fraction of sp³-hybridized carbons (Fsp3) is 0.577. The number of aliphatic imine (C=N–C) groups is 1. The second kappa shape index (κ2) is 11.5. The van der Waals surface area contributed by atoms with E-state index in [4.69, 9.17) is 16.2 Å². The van der Waals surface area contributed by atoms with Crippen molar-refractivity contribution in [1.29, 1.82) is 0 Å². The molecule has 0 saturated heterocycles. The minimum Gasteiger partial charge on any atom is -0.466 e. The number of carbonyl (C=O) groups is 2. The van der Waals surface area contributed by atoms with Crippen molar-refractivity contribution in [1.82, 2.24) is 15.3 Å². The number of guanidine groups is 1. The van der Waals surface area contributed by atoms with Gasteiger partial charge in [-0.3, -0.25) is 9.59 Å². The number of rotatable bonds is 7. The molecule has 0 radical (unpaired) electrons. The predicted molar refractivity (Wildman–Crippen MR) is 140 cm³/mol. The molecule has 194 valence electrons. The van der Waals surface area contributed by atoms with Crippen LogP contribution in [0.2, 0.25) is 0 Å². The molecule has 1 aromatic heterocycles. The number of carbonyl (C=O) groups excluding carboxylic acids is 2. The van der Waals surface area contributed by atoms with E-state index in [0.29, 0.717) is 24.4 Å². The highest BCUT2D eigenvalue weighted by atomic mass is 16.5. The van der Waals surface area contributed by atoms with Crippen LogP contribution in [0, 0.1) is 12.8 Å². The average Bonchev–Trinajstić information content (AvgIpc) is 2.85. The summed E-state index contributed by atoms with van der Waals surface area (Å²) in [6, 6.07) is 5.48. The first-order valence-electron chi connectivity index (χ1n) is 13.0. The number of nitrogens with two attached hydrogens (primary N) is 2. The zero-order chi connectivity index (χ0) is 25.7. The molecule has 0 aliphatic heterocycles. The maximum Gasteiger partial charge on any atom is 0.311 e. The van der Waals surface area contributed by atoms with E-state index >= 15 is 0 Å². The van der Waals surface area contributed by atoms with Gasteiger partial charge in [-0.1, -0.05) is 37.3 Å². The number of ether oxygens (including phenoxy) is 1. The number of fused-ring (bicyclic) bond motifs is 1. The van der Waals surface area contributed by atoms with Gasteiger partial charge in [0.15, 0.2) is 5.96 Å². The van der Waals surface area contributed by atoms with Crippen molar-refractivity contribution in [2.45, 2.75) is 83.3 Å². The van der Waals surface area contributed by atoms with Crippen molar-refractivity contribution in [2.24, 2.45) is 22.4 Å². The second-order valence-corrected chi connectivity index (χ2v) is 9.80. The Morgan fingerprint density at radius 1 is 1.06 bits per heavy atom. The first-order valence-corrected chi connectivity index (χ1v) is 13.0. The lowest BCUT2D eigenvalue weighted by atomic mass is 9.84. The second-order valence-electron chi connectivity index (χ2n) is 9.80. The number of nitrogens with one attached hydrogen (secondary N) is 2. The Balaban J connectivity index is 1.62. The summed E-state index contributed by atoms with van der Waals surface area (Å²) in [6.07, 6.45) is 7.18. The van der Waals surface area contributed by atoms with Crippen LogP contribution in [0.3, 0.4) is 0 Å². The number of esters is 1. The Labute approximate surface area is 211 Å². The summed E-state index contributed by atoms with van der Waals surface area (Å²) in [6.45, 7) is 4.11. The first kappa shape index (κ1) is 25.7. The van der Waals surface area contributed by atoms with E-state index < -0.39 is 5.91 Å². The molecule has 36 heavy (non-hydrogen) atoms. The van der Waals surface area contributed by atoms with Gasteiger partial charge in [0.1, 0.15) is 5.82 Å². The van der Waals surface area contributed by atoms with Gasteiger partial charge < -0.3 is 26.8 Å². The lowest BCUT2D eigenvalue weighted by Gasteiger charge is -2.31. The molecule has 10 nitrogen and oxygen atoms in total. The zero-order valence-corrected chi connectivity index (χ0v) is 21.1. The minimum absolute atomic E-state index is 0.0121. The molecular weight excluding hydrogens is 458 g/mol. The molecule has 1 heterocycles. The number of anilines is 1. The van der Waals surface area contributed by atoms with Crippen molar-refractivity contribution in [3.8, 4) is 0 Å². The number of aromatic nitrogens is 2. The van der Waals surface area contributed by atoms with Crippen molar-refractivity contribution < 1.29 is 14.3 Å². The normalized spacial score (nSPS) is 24.1. The van der Waals surface area contributed by atoms with Crippen molar-refractivity contribution in [3.05, 3.63) is 29.6 Å². The number of nitrogens with zero attached hydrogens (tertiary/aromatic N) is 3. The molecule has 0 bridgehead atoms. The van der Waals surface area contributed by atoms with E-state index in [-0.39, 0.29) is 41.8 Å². The van der Waals surface area contributed by atoms with Crippen LogP contribution in [0.5, 0.6) is 0 Å². The quantitative estimate of drug-likeness (QED) is 0.259. The highest BCUT2D eigenvalue weighted by molar-refractivity contribution is 5.97. The summed E-state index contributed by atoms with van der Waals surface area (Å²) in [5.74, 6) is -0.293. The van der Waals surface area contributed by atoms with Gasteiger partial charge in [0.05, 0.1) is 30.1 Å². The standard InChI is InChI=1S/C26H37N7O3/c1-3-36-25(35)16-8-4-5-9-18(16)31-24(34)23-29-19-13-12-15(2)14-17(19)22(33-23)30-20-10-6-7-11-21(20)32-26(27)28/h12-14,16,18,20-21H,3-11H2,1-2H3,(H,31,34)(H4,27,28,32)(H,29,30,33)/t16-,18-,20?,21?/m1/s1. The van der Waals surface area contributed by atoms with Gasteiger partial charge in [0, 0.05) is 11.4 Å². The van der Waals surface area contributed by atoms with E-state index in [0.717, 1.165) is 55.9 Å². The molecule has 6 N–H and O–H groups in total. The average molecular weight is 496 g/mol. The third-order valence-electron chi connectivity index (χ3n) is 7.09. The summed E-state index contributed by atoms with van der Waals surface area (Å²) in [5.41, 5.74) is 13.1. The van der Waals surface area contributed by atoms with Gasteiger partial charge in [-0.05, 0) is 51.7 Å². The van der Waals surface area contributed by atoms with E-state index in [1.807, 2.05) is 25.1 Å². The Morgan fingerprint density at radius 3 is 2.53 bits per heavy atom. The van der Waals surface area contributed by atoms with Gasteiger partial charge in [-0.25, -0.2) is 15.0 Å². The molecule has 2 fully saturated rings. The molecule has 2 saturated carbocycles. The van der Waals surface area contributed by atoms with Crippen LogP contribution < -0.4 is 22.1 Å². The maximum atomic E-state index is 13.3. The van der Waals surface area contributed by atoms with Gasteiger partial charge >= 0.3 is 5.97 Å². The van der Waals surface area contributed by atoms with Crippen molar-refractivity contribution in [2.75, 3.05) is 11.9 Å². The van der Waals surface area contributed by atoms with Crippen LogP contribution in [-0.4, -0.2) is 52.5 Å². The molecule has 0 spiro atoms. The summed E-state index contributed by atoms with van der Waals surface area (Å²) in [5, 5.41) is 7.38. The molecule has 1 amide bonds. The predicted octanol–water partition coefficient (Wildman–Crippen LogP) is 2.79. The molecule has 2 aliphatic carbocycles. The Hall–Kier alpha value is -3.43. The van der Waals surface area contributed by atoms with Crippen LogP contribution in [0.15, 0.2) is 23.2 Å². The lowest BCUT2D eigenvalue weighted by molar-refractivity contribution is -0.150. The summed E-state index contributed by atoms with van der Waals surface area (Å²) in [4.78, 5) is 39.5. The molecule has 4 atom stereocenters. The van der Waals surface area contributed by atoms with Gasteiger partial charge in [0.2, 0.25) is 5.82 Å². The highest BCUT2D eigenvalue weighted by Gasteiger charge is 2.34. The fourth-order valence-electron chi connectivity index (χ4n) is 5.32. The van der Waals surface area contributed by atoms with Crippen molar-refractivity contribution in [3.63, 3.8) is 0 Å². The molecule has 1 aromatic carbocycles. The molecule has 2 aliphatic rings. The smallest absolute Gasteiger partial charge is 0.311 e. The van der Waals surface area contributed by atoms with Crippen LogP contribution >= 0.6 is 0 Å². The highest BCUT2D eigenvalue weighted by Crippen LogP contribution is 2.29. The fourth-order valence-corrected chi connectivity index (χ4v) is 5.32. The maximum absolute atomic E-state index is 13.3. The Bertz CT molecular complexity index is 1130. The van der Waals surface area contributed by atoms with Crippen LogP contribution in [0.4, 0.5) is 5.82 Å². The third kappa shape index (κ3) is 6.03. The topological polar surface area (TPSA) is 158 Å². The number of amides is 1. The monoisotopic (exact) mass is 495 g/mol. The summed E-state index contributed by atoms with van der Waals surface area (Å²) in [7, 11) is 0. The summed E-state index contributed by atoms with van der Waals surface area (Å²) < 4.78 is 5.25. The molecule has 10 heteroatoms. The number of hydrogen-bond donors (Lipinski definition) is 4. The number of benzene rings is 1. The first-order chi connectivity index (χ1) is 17.4. The number of hydrogen-bond acceptors (Lipinski definition) is 7. The molecular formula is C26H37N7O3. The van der Waals surface area contributed by atoms with Gasteiger partial charge in [-0.15, -0.1) is 0 Å². The SMILES string of the molecule is CCOC(=O)[C@@H]1CCCC[C@H]1NC(=O)c1nc(NC2CCCCC2N=C(N)N)c2cc(C)ccc2n1. The van der Waals surface area contributed by atoms with E-state index in [1.54, 1.807) is 6.92 Å². The molecule has 2 unspecified atom stereocenters. The molecule has 4 rings (SSSR count). The van der Waals surface area contributed by atoms with E-state index in [1.165, 1.54) is 0 Å². The van der Waals surface area contributed by atoms with Crippen LogP contribution in [0.1, 0.15) is 74.5 Å². The molecule has 2 aromatic rings. The minimum atomic E-state index is -0.397. The zero-order valence-electron chi connectivity index (χ0n) is 21.1.